The molecule has 9 nitrogen and oxygen atoms in total. The topological polar surface area (TPSA) is 110 Å². The fraction of sp³-hybridized carbons (Fsp3) is 0.316. The van der Waals surface area contributed by atoms with Gasteiger partial charge in [-0.2, -0.15) is 0 Å². The quantitative estimate of drug-likeness (QED) is 0.210. The minimum absolute atomic E-state index is 0.0610. The van der Waals surface area contributed by atoms with Crippen LogP contribution in [0.15, 0.2) is 47.5 Å². The second-order valence-electron chi connectivity index (χ2n) is 6.01. The molecule has 2 aromatic carbocycles. The third kappa shape index (κ3) is 5.03. The first-order valence-corrected chi connectivity index (χ1v) is 9.05. The number of hydrogen-bond acceptors (Lipinski definition) is 6. The normalized spacial score (nSPS) is 12.5. The Kier molecular flexibility index (Phi) is 6.50. The lowest BCUT2D eigenvalue weighted by Crippen LogP contribution is -2.39. The Labute approximate surface area is 162 Å². The summed E-state index contributed by atoms with van der Waals surface area (Å²) in [5.41, 5.74) is 1.57. The number of ether oxygens (including phenoxy) is 2. The zero-order valence-corrected chi connectivity index (χ0v) is 15.6. The number of anilines is 1. The Balaban J connectivity index is 1.52. The number of guanidine groups is 1. The van der Waals surface area contributed by atoms with Crippen molar-refractivity contribution in [3.63, 3.8) is 0 Å². The van der Waals surface area contributed by atoms with Crippen molar-refractivity contribution >= 4 is 17.3 Å². The number of fused-ring (bicyclic) bond motifs is 1. The third-order valence-electron chi connectivity index (χ3n) is 4.03. The van der Waals surface area contributed by atoms with Crippen LogP contribution in [0.3, 0.4) is 0 Å². The Morgan fingerprint density at radius 2 is 1.96 bits per heavy atom. The summed E-state index contributed by atoms with van der Waals surface area (Å²) >= 11 is 0. The molecular weight excluding hydrogens is 362 g/mol. The van der Waals surface area contributed by atoms with Crippen LogP contribution in [0.25, 0.3) is 0 Å². The van der Waals surface area contributed by atoms with Gasteiger partial charge in [-0.1, -0.05) is 18.2 Å². The first-order valence-electron chi connectivity index (χ1n) is 9.05. The minimum atomic E-state index is -0.396. The summed E-state index contributed by atoms with van der Waals surface area (Å²) in [6.45, 7) is 4.52. The molecule has 2 aromatic rings. The van der Waals surface area contributed by atoms with Gasteiger partial charge in [0.2, 0.25) is 6.79 Å². The number of nitro groups is 1. The summed E-state index contributed by atoms with van der Waals surface area (Å²) in [5.74, 6) is 2.16. The Morgan fingerprint density at radius 3 is 2.79 bits per heavy atom. The second kappa shape index (κ2) is 9.45. The van der Waals surface area contributed by atoms with Crippen molar-refractivity contribution in [2.24, 2.45) is 4.99 Å². The summed E-state index contributed by atoms with van der Waals surface area (Å²) in [5, 5.41) is 20.5. The number of hydrogen-bond donors (Lipinski definition) is 3. The number of nitrogens with one attached hydrogen (secondary N) is 3. The maximum atomic E-state index is 11.0. The van der Waals surface area contributed by atoms with Gasteiger partial charge < -0.3 is 25.4 Å². The van der Waals surface area contributed by atoms with Gasteiger partial charge in [-0.25, -0.2) is 4.99 Å². The molecule has 3 rings (SSSR count). The molecule has 0 fully saturated rings. The largest absolute Gasteiger partial charge is 0.454 e. The maximum absolute atomic E-state index is 11.0. The molecule has 0 aliphatic carbocycles. The highest BCUT2D eigenvalue weighted by Crippen LogP contribution is 2.32. The first kappa shape index (κ1) is 19.3. The van der Waals surface area contributed by atoms with E-state index in [9.17, 15) is 10.1 Å². The number of nitrogens with zero attached hydrogens (tertiary/aromatic N) is 2. The van der Waals surface area contributed by atoms with Crippen molar-refractivity contribution in [3.8, 4) is 11.5 Å². The highest BCUT2D eigenvalue weighted by molar-refractivity contribution is 5.79. The molecule has 0 radical (unpaired) electrons. The average molecular weight is 385 g/mol. The van der Waals surface area contributed by atoms with Crippen molar-refractivity contribution in [2.45, 2.75) is 13.5 Å². The van der Waals surface area contributed by atoms with Crippen LogP contribution in [0, 0.1) is 10.1 Å². The first-order chi connectivity index (χ1) is 13.7. The SMILES string of the molecule is CCNC(=NCc1ccc2c(c1)OCO2)NCCNc1ccccc1[N+](=O)[O-]. The molecular formula is C19H23N5O4. The van der Waals surface area contributed by atoms with E-state index in [1.54, 1.807) is 18.2 Å². The van der Waals surface area contributed by atoms with Gasteiger partial charge in [-0.3, -0.25) is 10.1 Å². The summed E-state index contributed by atoms with van der Waals surface area (Å²) < 4.78 is 10.7. The van der Waals surface area contributed by atoms with Gasteiger partial charge in [-0.15, -0.1) is 0 Å². The third-order valence-corrected chi connectivity index (χ3v) is 4.03. The molecule has 0 bridgehead atoms. The smallest absolute Gasteiger partial charge is 0.292 e. The molecule has 0 atom stereocenters. The van der Waals surface area contributed by atoms with Crippen LogP contribution in [0.2, 0.25) is 0 Å². The van der Waals surface area contributed by atoms with Gasteiger partial charge in [0.25, 0.3) is 5.69 Å². The van der Waals surface area contributed by atoms with Crippen LogP contribution in [0.4, 0.5) is 11.4 Å². The molecule has 0 saturated carbocycles. The van der Waals surface area contributed by atoms with Gasteiger partial charge in [0, 0.05) is 25.7 Å². The van der Waals surface area contributed by atoms with Gasteiger partial charge >= 0.3 is 0 Å². The molecule has 0 amide bonds. The van der Waals surface area contributed by atoms with E-state index in [1.807, 2.05) is 25.1 Å². The number of para-hydroxylation sites is 2. The van der Waals surface area contributed by atoms with Crippen LogP contribution in [0.1, 0.15) is 12.5 Å². The summed E-state index contributed by atoms with van der Waals surface area (Å²) in [6, 6.07) is 12.3. The van der Waals surface area contributed by atoms with E-state index in [0.717, 1.165) is 23.6 Å². The Morgan fingerprint density at radius 1 is 1.14 bits per heavy atom. The molecule has 9 heteroatoms. The predicted molar refractivity (Wildman–Crippen MR) is 107 cm³/mol. The van der Waals surface area contributed by atoms with Crippen LogP contribution < -0.4 is 25.4 Å². The van der Waals surface area contributed by atoms with Crippen LogP contribution in [-0.2, 0) is 6.54 Å². The van der Waals surface area contributed by atoms with Crippen molar-refractivity contribution < 1.29 is 14.4 Å². The van der Waals surface area contributed by atoms with Crippen molar-refractivity contribution in [1.82, 2.24) is 10.6 Å². The molecule has 1 aliphatic rings. The zero-order valence-electron chi connectivity index (χ0n) is 15.6. The van der Waals surface area contributed by atoms with Gasteiger partial charge in [0.15, 0.2) is 17.5 Å². The Bertz CT molecular complexity index is 856. The zero-order chi connectivity index (χ0) is 19.8. The monoisotopic (exact) mass is 385 g/mol. The van der Waals surface area contributed by atoms with Gasteiger partial charge in [0.1, 0.15) is 5.69 Å². The standard InChI is InChI=1S/C19H23N5O4/c1-2-20-19(23-12-14-7-8-17-18(11-14)28-13-27-17)22-10-9-21-15-5-3-4-6-16(15)24(25)26/h3-8,11,21H,2,9-10,12-13H2,1H3,(H2,20,22,23). The second-order valence-corrected chi connectivity index (χ2v) is 6.01. The predicted octanol–water partition coefficient (Wildman–Crippen LogP) is 2.49. The summed E-state index contributed by atoms with van der Waals surface area (Å²) in [7, 11) is 0. The van der Waals surface area contributed by atoms with E-state index in [4.69, 9.17) is 9.47 Å². The summed E-state index contributed by atoms with van der Waals surface area (Å²) in [4.78, 5) is 15.2. The fourth-order valence-electron chi connectivity index (χ4n) is 2.71. The van der Waals surface area contributed by atoms with E-state index >= 15 is 0 Å². The van der Waals surface area contributed by atoms with E-state index in [0.29, 0.717) is 31.3 Å². The van der Waals surface area contributed by atoms with E-state index in [-0.39, 0.29) is 12.5 Å². The van der Waals surface area contributed by atoms with Gasteiger partial charge in [0.05, 0.1) is 11.5 Å². The van der Waals surface area contributed by atoms with Crippen molar-refractivity contribution in [3.05, 3.63) is 58.1 Å². The number of nitro benzene ring substituents is 1. The highest BCUT2D eigenvalue weighted by atomic mass is 16.7. The van der Waals surface area contributed by atoms with Crippen molar-refractivity contribution in [2.75, 3.05) is 31.7 Å². The molecule has 3 N–H and O–H groups in total. The molecule has 0 unspecified atom stereocenters. The molecule has 1 aliphatic heterocycles. The number of benzene rings is 2. The van der Waals surface area contributed by atoms with Crippen LogP contribution in [-0.4, -0.2) is 37.3 Å². The maximum Gasteiger partial charge on any atom is 0.292 e. The number of rotatable bonds is 8. The van der Waals surface area contributed by atoms with Gasteiger partial charge in [-0.05, 0) is 30.7 Å². The molecule has 0 aromatic heterocycles. The molecule has 0 spiro atoms. The molecule has 148 valence electrons. The lowest BCUT2D eigenvalue weighted by atomic mass is 10.2. The molecule has 0 saturated heterocycles. The fourth-order valence-corrected chi connectivity index (χ4v) is 2.71. The average Bonchev–Trinajstić information content (AvgIpc) is 3.17. The lowest BCUT2D eigenvalue weighted by Gasteiger charge is -2.12. The highest BCUT2D eigenvalue weighted by Gasteiger charge is 2.13. The Hall–Kier alpha value is -3.49. The van der Waals surface area contributed by atoms with E-state index < -0.39 is 4.92 Å². The van der Waals surface area contributed by atoms with Crippen LogP contribution in [0.5, 0.6) is 11.5 Å². The minimum Gasteiger partial charge on any atom is -0.454 e. The summed E-state index contributed by atoms with van der Waals surface area (Å²) in [6.07, 6.45) is 0. The van der Waals surface area contributed by atoms with E-state index in [1.165, 1.54) is 6.07 Å². The number of aliphatic imine (C=N–C) groups is 1. The molecule has 1 heterocycles. The lowest BCUT2D eigenvalue weighted by molar-refractivity contribution is -0.384. The van der Waals surface area contributed by atoms with Crippen LogP contribution >= 0.6 is 0 Å². The molecule has 28 heavy (non-hydrogen) atoms. The van der Waals surface area contributed by atoms with Crippen molar-refractivity contribution in [1.29, 1.82) is 0 Å². The van der Waals surface area contributed by atoms with E-state index in [2.05, 4.69) is 20.9 Å².